The van der Waals surface area contributed by atoms with Crippen molar-refractivity contribution in [3.63, 3.8) is 0 Å². The van der Waals surface area contributed by atoms with Crippen LogP contribution in [0.5, 0.6) is 5.75 Å². The number of hydrogen-bond acceptors (Lipinski definition) is 2. The van der Waals surface area contributed by atoms with Gasteiger partial charge in [0.1, 0.15) is 5.75 Å². The van der Waals surface area contributed by atoms with E-state index in [1.165, 1.54) is 6.08 Å². The van der Waals surface area contributed by atoms with Crippen molar-refractivity contribution in [3.05, 3.63) is 62.1 Å². The molecule has 0 saturated heterocycles. The Hall–Kier alpha value is -1.34. The molecule has 0 aromatic heterocycles. The second-order valence-electron chi connectivity index (χ2n) is 4.44. The number of halogens is 2. The summed E-state index contributed by atoms with van der Waals surface area (Å²) in [5.41, 5.74) is 1.63. The molecule has 0 fully saturated rings. The second-order valence-corrected chi connectivity index (χ2v) is 6.61. The Kier molecular flexibility index (Phi) is 6.45. The van der Waals surface area contributed by atoms with E-state index in [-0.39, 0.29) is 5.91 Å². The van der Waals surface area contributed by atoms with Gasteiger partial charge in [-0.2, -0.15) is 0 Å². The van der Waals surface area contributed by atoms with Crippen LogP contribution in [0.4, 0.5) is 5.69 Å². The van der Waals surface area contributed by atoms with Gasteiger partial charge in [0.25, 0.3) is 0 Å². The molecule has 0 bridgehead atoms. The lowest BCUT2D eigenvalue weighted by Crippen LogP contribution is -2.07. The van der Waals surface area contributed by atoms with Gasteiger partial charge in [0.05, 0.1) is 6.61 Å². The fourth-order valence-electron chi connectivity index (χ4n) is 1.82. The number of amides is 1. The van der Waals surface area contributed by atoms with Crippen molar-refractivity contribution in [2.75, 3.05) is 11.9 Å². The molecule has 0 heterocycles. The summed E-state index contributed by atoms with van der Waals surface area (Å²) in [6, 6.07) is 13.3. The molecule has 5 heteroatoms. The maximum absolute atomic E-state index is 12.0. The highest BCUT2D eigenvalue weighted by Crippen LogP contribution is 2.24. The average molecular weight is 472 g/mol. The minimum atomic E-state index is -0.177. The Labute approximate surface area is 152 Å². The first-order valence-corrected chi connectivity index (χ1v) is 8.62. The molecule has 1 N–H and O–H groups in total. The maximum atomic E-state index is 12.0. The van der Waals surface area contributed by atoms with Crippen molar-refractivity contribution in [2.45, 2.75) is 6.92 Å². The van der Waals surface area contributed by atoms with Gasteiger partial charge in [0.2, 0.25) is 5.91 Å². The molecule has 0 saturated carbocycles. The number of anilines is 1. The molecule has 0 aliphatic heterocycles. The molecule has 3 nitrogen and oxygen atoms in total. The van der Waals surface area contributed by atoms with Crippen molar-refractivity contribution in [3.8, 4) is 5.75 Å². The lowest BCUT2D eigenvalue weighted by Gasteiger charge is -2.07. The quantitative estimate of drug-likeness (QED) is 0.486. The number of carbonyl (C=O) groups is 1. The van der Waals surface area contributed by atoms with E-state index < -0.39 is 0 Å². The number of rotatable bonds is 5. The van der Waals surface area contributed by atoms with E-state index in [0.717, 1.165) is 25.0 Å². The van der Waals surface area contributed by atoms with E-state index in [1.54, 1.807) is 6.08 Å². The molecule has 0 aliphatic rings. The molecule has 0 aliphatic carbocycles. The van der Waals surface area contributed by atoms with Gasteiger partial charge < -0.3 is 10.1 Å². The van der Waals surface area contributed by atoms with Crippen LogP contribution < -0.4 is 10.1 Å². The van der Waals surface area contributed by atoms with E-state index in [2.05, 4.69) is 43.8 Å². The monoisotopic (exact) mass is 471 g/mol. The zero-order chi connectivity index (χ0) is 15.9. The SMILES string of the molecule is CCOc1ccc(Br)cc1C=CC(=O)Nc1ccc(I)cc1. The molecule has 2 aromatic carbocycles. The van der Waals surface area contributed by atoms with Crippen LogP contribution in [-0.4, -0.2) is 12.5 Å². The molecule has 0 radical (unpaired) electrons. The molecule has 0 unspecified atom stereocenters. The third-order valence-corrected chi connectivity index (χ3v) is 4.01. The first kappa shape index (κ1) is 17.0. The minimum absolute atomic E-state index is 0.177. The second kappa shape index (κ2) is 8.33. The maximum Gasteiger partial charge on any atom is 0.248 e. The summed E-state index contributed by atoms with van der Waals surface area (Å²) in [5.74, 6) is 0.577. The zero-order valence-electron chi connectivity index (χ0n) is 12.0. The molecular formula is C17H15BrINO2. The standard InChI is InChI=1S/C17H15BrINO2/c1-2-22-16-9-4-13(18)11-12(16)3-10-17(21)20-15-7-5-14(19)6-8-15/h3-11H,2H2,1H3,(H,20,21). The van der Waals surface area contributed by atoms with Crippen molar-refractivity contribution in [1.82, 2.24) is 0 Å². The molecule has 0 atom stereocenters. The highest BCUT2D eigenvalue weighted by molar-refractivity contribution is 14.1. The van der Waals surface area contributed by atoms with Crippen molar-refractivity contribution >= 4 is 56.2 Å². The van der Waals surface area contributed by atoms with Crippen molar-refractivity contribution in [2.24, 2.45) is 0 Å². The lowest BCUT2D eigenvalue weighted by molar-refractivity contribution is -0.111. The molecule has 114 valence electrons. The third kappa shape index (κ3) is 5.14. The fraction of sp³-hybridized carbons (Fsp3) is 0.118. The van der Waals surface area contributed by atoms with Crippen LogP contribution in [0.2, 0.25) is 0 Å². The van der Waals surface area contributed by atoms with Crippen LogP contribution in [0.15, 0.2) is 53.0 Å². The summed E-state index contributed by atoms with van der Waals surface area (Å²) in [4.78, 5) is 12.0. The fourth-order valence-corrected chi connectivity index (χ4v) is 2.56. The summed E-state index contributed by atoms with van der Waals surface area (Å²) in [7, 11) is 0. The third-order valence-electron chi connectivity index (χ3n) is 2.80. The molecule has 1 amide bonds. The van der Waals surface area contributed by atoms with Crippen molar-refractivity contribution < 1.29 is 9.53 Å². The highest BCUT2D eigenvalue weighted by atomic mass is 127. The summed E-state index contributed by atoms with van der Waals surface area (Å²) in [5, 5.41) is 2.82. The van der Waals surface area contributed by atoms with Gasteiger partial charge in [0, 0.05) is 25.4 Å². The molecule has 2 aromatic rings. The number of benzene rings is 2. The summed E-state index contributed by atoms with van der Waals surface area (Å²) < 4.78 is 7.62. The number of hydrogen-bond donors (Lipinski definition) is 1. The van der Waals surface area contributed by atoms with Crippen LogP contribution in [0.1, 0.15) is 12.5 Å². The minimum Gasteiger partial charge on any atom is -0.493 e. The number of nitrogens with one attached hydrogen (secondary N) is 1. The van der Waals surface area contributed by atoms with Crippen LogP contribution in [0, 0.1) is 3.57 Å². The number of carbonyl (C=O) groups excluding carboxylic acids is 1. The van der Waals surface area contributed by atoms with E-state index in [0.29, 0.717) is 6.61 Å². The molecular weight excluding hydrogens is 457 g/mol. The Bertz CT molecular complexity index is 684. The first-order chi connectivity index (χ1) is 10.6. The van der Waals surface area contributed by atoms with E-state index in [1.807, 2.05) is 49.4 Å². The van der Waals surface area contributed by atoms with Gasteiger partial charge in [-0.1, -0.05) is 15.9 Å². The Balaban J connectivity index is 2.09. The largest absolute Gasteiger partial charge is 0.493 e. The van der Waals surface area contributed by atoms with Crippen molar-refractivity contribution in [1.29, 1.82) is 0 Å². The van der Waals surface area contributed by atoms with Crippen LogP contribution in [-0.2, 0) is 4.79 Å². The van der Waals surface area contributed by atoms with E-state index in [4.69, 9.17) is 4.74 Å². The van der Waals surface area contributed by atoms with Gasteiger partial charge >= 0.3 is 0 Å². The molecule has 0 spiro atoms. The smallest absolute Gasteiger partial charge is 0.248 e. The van der Waals surface area contributed by atoms with Crippen LogP contribution >= 0.6 is 38.5 Å². The average Bonchev–Trinajstić information content (AvgIpc) is 2.50. The van der Waals surface area contributed by atoms with Gasteiger partial charge in [0.15, 0.2) is 0 Å². The van der Waals surface area contributed by atoms with Crippen LogP contribution in [0.3, 0.4) is 0 Å². The predicted molar refractivity (Wildman–Crippen MR) is 102 cm³/mol. The summed E-state index contributed by atoms with van der Waals surface area (Å²) in [6.45, 7) is 2.51. The lowest BCUT2D eigenvalue weighted by atomic mass is 10.2. The molecule has 2 rings (SSSR count). The topological polar surface area (TPSA) is 38.3 Å². The van der Waals surface area contributed by atoms with Gasteiger partial charge in [-0.15, -0.1) is 0 Å². The van der Waals surface area contributed by atoms with Gasteiger partial charge in [-0.05, 0) is 78.1 Å². The normalized spacial score (nSPS) is 10.7. The van der Waals surface area contributed by atoms with Gasteiger partial charge in [-0.25, -0.2) is 0 Å². The van der Waals surface area contributed by atoms with E-state index >= 15 is 0 Å². The summed E-state index contributed by atoms with van der Waals surface area (Å²) in [6.07, 6.45) is 3.25. The highest BCUT2D eigenvalue weighted by Gasteiger charge is 2.03. The molecule has 22 heavy (non-hydrogen) atoms. The predicted octanol–water partition coefficient (Wildman–Crippen LogP) is 5.10. The zero-order valence-corrected chi connectivity index (χ0v) is 15.7. The van der Waals surface area contributed by atoms with Crippen LogP contribution in [0.25, 0.3) is 6.08 Å². The Morgan fingerprint density at radius 1 is 1.27 bits per heavy atom. The Morgan fingerprint density at radius 3 is 2.68 bits per heavy atom. The van der Waals surface area contributed by atoms with E-state index in [9.17, 15) is 4.79 Å². The first-order valence-electron chi connectivity index (χ1n) is 6.75. The Morgan fingerprint density at radius 2 is 2.00 bits per heavy atom. The van der Waals surface area contributed by atoms with Gasteiger partial charge in [-0.3, -0.25) is 4.79 Å². The number of ether oxygens (including phenoxy) is 1. The summed E-state index contributed by atoms with van der Waals surface area (Å²) >= 11 is 5.65.